The summed E-state index contributed by atoms with van der Waals surface area (Å²) in [6, 6.07) is 5.15. The fourth-order valence-corrected chi connectivity index (χ4v) is 4.62. The number of rotatable bonds is 11. The Labute approximate surface area is 204 Å². The van der Waals surface area contributed by atoms with Crippen molar-refractivity contribution in [3.8, 4) is 28.6 Å². The van der Waals surface area contributed by atoms with Gasteiger partial charge in [0.25, 0.3) is 0 Å². The van der Waals surface area contributed by atoms with E-state index in [1.165, 1.54) is 51.5 Å². The number of methoxy groups -OCH3 is 4. The molecule has 0 saturated heterocycles. The van der Waals surface area contributed by atoms with Gasteiger partial charge in [0.2, 0.25) is 11.7 Å². The summed E-state index contributed by atoms with van der Waals surface area (Å²) in [5, 5.41) is 14.0. The number of hydrogen-bond donors (Lipinski definition) is 1. The molecule has 0 aliphatic carbocycles. The molecule has 0 aliphatic rings. The quantitative estimate of drug-likeness (QED) is 0.237. The fourth-order valence-electron chi connectivity index (χ4n) is 3.08. The number of esters is 1. The SMILES string of the molecule is C=CCn1c(SCC(=O)Nc2sccc2C(=O)OC)nnc1-c1cc(OC)c(OC)c(OC)c1. The Balaban J connectivity index is 1.82. The van der Waals surface area contributed by atoms with E-state index < -0.39 is 5.97 Å². The lowest BCUT2D eigenvalue weighted by molar-refractivity contribution is -0.113. The van der Waals surface area contributed by atoms with Crippen LogP contribution in [-0.2, 0) is 16.1 Å². The Morgan fingerprint density at radius 3 is 2.44 bits per heavy atom. The van der Waals surface area contributed by atoms with E-state index in [-0.39, 0.29) is 11.7 Å². The van der Waals surface area contributed by atoms with Crippen molar-refractivity contribution < 1.29 is 28.5 Å². The number of carbonyl (C=O) groups is 2. The topological polar surface area (TPSA) is 114 Å². The number of benzene rings is 1. The minimum absolute atomic E-state index is 0.0586. The van der Waals surface area contributed by atoms with Gasteiger partial charge in [-0.1, -0.05) is 17.8 Å². The van der Waals surface area contributed by atoms with E-state index in [2.05, 4.69) is 22.1 Å². The monoisotopic (exact) mass is 504 g/mol. The van der Waals surface area contributed by atoms with Gasteiger partial charge in [-0.25, -0.2) is 4.79 Å². The van der Waals surface area contributed by atoms with Gasteiger partial charge in [0, 0.05) is 12.1 Å². The van der Waals surface area contributed by atoms with E-state index in [1.807, 2.05) is 4.57 Å². The summed E-state index contributed by atoms with van der Waals surface area (Å²) in [5.41, 5.74) is 1.01. The summed E-state index contributed by atoms with van der Waals surface area (Å²) >= 11 is 2.45. The molecule has 0 spiro atoms. The highest BCUT2D eigenvalue weighted by Crippen LogP contribution is 2.41. The third-order valence-electron chi connectivity index (χ3n) is 4.61. The van der Waals surface area contributed by atoms with Gasteiger partial charge in [0.1, 0.15) is 5.00 Å². The number of anilines is 1. The van der Waals surface area contributed by atoms with Crippen LogP contribution in [0.25, 0.3) is 11.4 Å². The average Bonchev–Trinajstić information content (AvgIpc) is 3.48. The highest BCUT2D eigenvalue weighted by Gasteiger charge is 2.21. The van der Waals surface area contributed by atoms with Crippen LogP contribution in [0.4, 0.5) is 5.00 Å². The zero-order valence-corrected chi connectivity index (χ0v) is 20.7. The number of nitrogens with zero attached hydrogens (tertiary/aromatic N) is 3. The van der Waals surface area contributed by atoms with E-state index in [9.17, 15) is 9.59 Å². The molecule has 12 heteroatoms. The van der Waals surface area contributed by atoms with Crippen molar-refractivity contribution in [3.05, 3.63) is 41.8 Å². The molecule has 0 radical (unpaired) electrons. The minimum Gasteiger partial charge on any atom is -0.493 e. The molecular formula is C22H24N4O6S2. The third kappa shape index (κ3) is 5.34. The Bertz CT molecular complexity index is 1170. The summed E-state index contributed by atoms with van der Waals surface area (Å²) in [4.78, 5) is 24.3. The number of thioether (sulfide) groups is 1. The Morgan fingerprint density at radius 2 is 1.85 bits per heavy atom. The van der Waals surface area contributed by atoms with Crippen LogP contribution in [0.2, 0.25) is 0 Å². The van der Waals surface area contributed by atoms with Gasteiger partial charge >= 0.3 is 5.97 Å². The lowest BCUT2D eigenvalue weighted by Gasteiger charge is -2.14. The number of hydrogen-bond acceptors (Lipinski definition) is 10. The number of amides is 1. The first kappa shape index (κ1) is 25.1. The maximum absolute atomic E-state index is 12.5. The van der Waals surface area contributed by atoms with Crippen LogP contribution in [0.3, 0.4) is 0 Å². The highest BCUT2D eigenvalue weighted by atomic mass is 32.2. The van der Waals surface area contributed by atoms with E-state index in [0.29, 0.717) is 50.9 Å². The van der Waals surface area contributed by atoms with Gasteiger partial charge in [-0.2, -0.15) is 0 Å². The fraction of sp³-hybridized carbons (Fsp3) is 0.273. The van der Waals surface area contributed by atoms with Crippen molar-refractivity contribution in [3.63, 3.8) is 0 Å². The summed E-state index contributed by atoms with van der Waals surface area (Å²) < 4.78 is 22.8. The molecule has 1 N–H and O–H groups in total. The van der Waals surface area contributed by atoms with Gasteiger partial charge in [0.05, 0.1) is 39.8 Å². The van der Waals surface area contributed by atoms with Crippen LogP contribution >= 0.6 is 23.1 Å². The van der Waals surface area contributed by atoms with Gasteiger partial charge in [-0.3, -0.25) is 9.36 Å². The molecule has 0 saturated carbocycles. The van der Waals surface area contributed by atoms with Crippen molar-refractivity contribution >= 4 is 40.0 Å². The first-order valence-corrected chi connectivity index (χ1v) is 11.8. The normalized spacial score (nSPS) is 10.5. The summed E-state index contributed by atoms with van der Waals surface area (Å²) in [7, 11) is 5.90. The largest absolute Gasteiger partial charge is 0.493 e. The Hall–Kier alpha value is -3.51. The molecule has 0 atom stereocenters. The molecule has 0 fully saturated rings. The van der Waals surface area contributed by atoms with Crippen LogP contribution in [0.5, 0.6) is 17.2 Å². The summed E-state index contributed by atoms with van der Waals surface area (Å²) in [6.07, 6.45) is 1.71. The van der Waals surface area contributed by atoms with Crippen molar-refractivity contribution in [2.24, 2.45) is 0 Å². The van der Waals surface area contributed by atoms with Crippen LogP contribution in [-0.4, -0.2) is 60.8 Å². The van der Waals surface area contributed by atoms with Crippen LogP contribution in [0, 0.1) is 0 Å². The lowest BCUT2D eigenvalue weighted by Crippen LogP contribution is -2.16. The number of allylic oxidation sites excluding steroid dienone is 1. The molecule has 34 heavy (non-hydrogen) atoms. The average molecular weight is 505 g/mol. The second-order valence-electron chi connectivity index (χ2n) is 6.61. The molecule has 1 amide bonds. The van der Waals surface area contributed by atoms with E-state index in [1.54, 1.807) is 29.7 Å². The van der Waals surface area contributed by atoms with Gasteiger partial charge in [-0.05, 0) is 23.6 Å². The van der Waals surface area contributed by atoms with Crippen LogP contribution in [0.15, 0.2) is 41.4 Å². The zero-order valence-electron chi connectivity index (χ0n) is 19.1. The maximum Gasteiger partial charge on any atom is 0.340 e. The number of ether oxygens (including phenoxy) is 4. The van der Waals surface area contributed by atoms with E-state index >= 15 is 0 Å². The number of thiophene rings is 1. The molecule has 2 heterocycles. The molecule has 0 unspecified atom stereocenters. The molecule has 0 bridgehead atoms. The van der Waals surface area contributed by atoms with Gasteiger partial charge < -0.3 is 24.3 Å². The van der Waals surface area contributed by atoms with Crippen molar-refractivity contribution in [2.75, 3.05) is 39.5 Å². The van der Waals surface area contributed by atoms with E-state index in [4.69, 9.17) is 18.9 Å². The number of aromatic nitrogens is 3. The summed E-state index contributed by atoms with van der Waals surface area (Å²) in [6.45, 7) is 4.23. The first-order chi connectivity index (χ1) is 16.5. The van der Waals surface area contributed by atoms with Crippen molar-refractivity contribution in [1.82, 2.24) is 14.8 Å². The highest BCUT2D eigenvalue weighted by molar-refractivity contribution is 7.99. The van der Waals surface area contributed by atoms with Crippen molar-refractivity contribution in [1.29, 1.82) is 0 Å². The van der Waals surface area contributed by atoms with Gasteiger partial charge in [-0.15, -0.1) is 28.1 Å². The standard InChI is InChI=1S/C22H24N4O6S2/c1-6-8-26-19(13-10-15(29-2)18(31-4)16(11-13)30-3)24-25-22(26)34-12-17(27)23-20-14(7-9-33-20)21(28)32-5/h6-7,9-11H,1,8,12H2,2-5H3,(H,23,27). The molecule has 10 nitrogen and oxygen atoms in total. The smallest absolute Gasteiger partial charge is 0.340 e. The summed E-state index contributed by atoms with van der Waals surface area (Å²) in [5.74, 6) is 1.24. The Morgan fingerprint density at radius 1 is 1.15 bits per heavy atom. The zero-order chi connectivity index (χ0) is 24.7. The third-order valence-corrected chi connectivity index (χ3v) is 6.40. The van der Waals surface area contributed by atoms with Crippen LogP contribution in [0.1, 0.15) is 10.4 Å². The second kappa shape index (κ2) is 11.6. The van der Waals surface area contributed by atoms with Crippen LogP contribution < -0.4 is 19.5 Å². The molecule has 0 aliphatic heterocycles. The minimum atomic E-state index is -0.509. The molecular weight excluding hydrogens is 480 g/mol. The molecule has 3 aromatic rings. The molecule has 3 rings (SSSR count). The molecule has 2 aromatic heterocycles. The van der Waals surface area contributed by atoms with Gasteiger partial charge in [0.15, 0.2) is 22.5 Å². The number of nitrogens with one attached hydrogen (secondary N) is 1. The second-order valence-corrected chi connectivity index (χ2v) is 8.47. The molecule has 1 aromatic carbocycles. The lowest BCUT2D eigenvalue weighted by atomic mass is 10.1. The van der Waals surface area contributed by atoms with Crippen molar-refractivity contribution in [2.45, 2.75) is 11.7 Å². The van der Waals surface area contributed by atoms with E-state index in [0.717, 1.165) is 0 Å². The number of carbonyl (C=O) groups excluding carboxylic acids is 2. The first-order valence-electron chi connectivity index (χ1n) is 9.90. The Kier molecular flexibility index (Phi) is 8.55. The molecule has 180 valence electrons. The maximum atomic E-state index is 12.5. The predicted octanol–water partition coefficient (Wildman–Crippen LogP) is 3.74. The predicted molar refractivity (Wildman–Crippen MR) is 130 cm³/mol.